The third-order valence-electron chi connectivity index (χ3n) is 2.61. The van der Waals surface area contributed by atoms with Crippen LogP contribution >= 0.6 is 0 Å². The number of furan rings is 1. The van der Waals surface area contributed by atoms with Gasteiger partial charge in [0.2, 0.25) is 0 Å². The lowest BCUT2D eigenvalue weighted by molar-refractivity contribution is -0.0471. The maximum atomic E-state index is 13.4. The molecule has 0 bridgehead atoms. The molecule has 0 radical (unpaired) electrons. The number of para-hydroxylation sites is 1. The van der Waals surface area contributed by atoms with Gasteiger partial charge in [0.15, 0.2) is 11.4 Å². The van der Waals surface area contributed by atoms with E-state index in [1.807, 2.05) is 6.92 Å². The van der Waals surface area contributed by atoms with Crippen LogP contribution in [0.1, 0.15) is 19.6 Å². The molecule has 0 spiro atoms. The molecule has 1 unspecified atom stereocenters. The number of hydrogen-bond acceptors (Lipinski definition) is 3. The summed E-state index contributed by atoms with van der Waals surface area (Å²) in [6.45, 7) is 4.04. The van der Waals surface area contributed by atoms with Crippen LogP contribution in [0.5, 0.6) is 0 Å². The van der Waals surface area contributed by atoms with Crippen LogP contribution in [0.15, 0.2) is 28.7 Å². The van der Waals surface area contributed by atoms with Crippen molar-refractivity contribution in [2.45, 2.75) is 19.4 Å². The van der Waals surface area contributed by atoms with Gasteiger partial charge in [-0.1, -0.05) is 12.1 Å². The highest BCUT2D eigenvalue weighted by Crippen LogP contribution is 2.29. The van der Waals surface area contributed by atoms with Crippen LogP contribution in [-0.4, -0.2) is 18.3 Å². The normalized spacial score (nSPS) is 15.1. The van der Waals surface area contributed by atoms with Crippen molar-refractivity contribution in [2.24, 2.45) is 0 Å². The molecule has 1 aromatic carbocycles. The fourth-order valence-corrected chi connectivity index (χ4v) is 1.66. The van der Waals surface area contributed by atoms with Crippen molar-refractivity contribution in [1.29, 1.82) is 0 Å². The molecule has 0 saturated carbocycles. The summed E-state index contributed by atoms with van der Waals surface area (Å²) in [5.74, 6) is -0.119. The Labute approximate surface area is 98.8 Å². The van der Waals surface area contributed by atoms with Crippen LogP contribution in [0.25, 0.3) is 11.0 Å². The molecule has 0 saturated heterocycles. The van der Waals surface area contributed by atoms with Crippen LogP contribution in [0, 0.1) is 5.82 Å². The van der Waals surface area contributed by atoms with Gasteiger partial charge in [-0.25, -0.2) is 4.39 Å². The minimum Gasteiger partial charge on any atom is -0.455 e. The Morgan fingerprint density at radius 3 is 2.88 bits per heavy atom. The van der Waals surface area contributed by atoms with E-state index < -0.39 is 11.4 Å². The number of ether oxygens (including phenoxy) is 1. The molecule has 1 N–H and O–H groups in total. The predicted octanol–water partition coefficient (Wildman–Crippen LogP) is 2.82. The summed E-state index contributed by atoms with van der Waals surface area (Å²) in [6, 6.07) is 6.31. The minimum absolute atomic E-state index is 0.116. The molecule has 2 aromatic rings. The van der Waals surface area contributed by atoms with Gasteiger partial charge in [-0.3, -0.25) is 0 Å². The van der Waals surface area contributed by atoms with Gasteiger partial charge in [-0.2, -0.15) is 0 Å². The van der Waals surface area contributed by atoms with Gasteiger partial charge in [0.25, 0.3) is 0 Å². The van der Waals surface area contributed by atoms with Crippen molar-refractivity contribution >= 4 is 11.0 Å². The largest absolute Gasteiger partial charge is 0.455 e. The van der Waals surface area contributed by atoms with Crippen molar-refractivity contribution in [1.82, 2.24) is 0 Å². The Bertz CT molecular complexity index is 516. The summed E-state index contributed by atoms with van der Waals surface area (Å²) < 4.78 is 24.0. The SMILES string of the molecule is CCOCC(C)(O)c1cc2cccc(F)c2o1. The van der Waals surface area contributed by atoms with E-state index in [-0.39, 0.29) is 12.2 Å². The Balaban J connectivity index is 2.39. The maximum Gasteiger partial charge on any atom is 0.170 e. The number of halogens is 1. The second-order valence-electron chi connectivity index (χ2n) is 4.18. The minimum atomic E-state index is -1.25. The van der Waals surface area contributed by atoms with E-state index in [1.54, 1.807) is 25.1 Å². The van der Waals surface area contributed by atoms with E-state index >= 15 is 0 Å². The number of benzene rings is 1. The molecule has 0 aliphatic heterocycles. The molecule has 1 aromatic heterocycles. The molecule has 0 fully saturated rings. The van der Waals surface area contributed by atoms with Gasteiger partial charge in [-0.15, -0.1) is 0 Å². The molecule has 1 heterocycles. The number of aliphatic hydroxyl groups is 1. The van der Waals surface area contributed by atoms with Crippen molar-refractivity contribution in [3.05, 3.63) is 35.8 Å². The van der Waals surface area contributed by atoms with Gasteiger partial charge >= 0.3 is 0 Å². The van der Waals surface area contributed by atoms with Crippen molar-refractivity contribution in [2.75, 3.05) is 13.2 Å². The van der Waals surface area contributed by atoms with Crippen LogP contribution in [0.3, 0.4) is 0 Å². The first-order valence-corrected chi connectivity index (χ1v) is 5.53. The standard InChI is InChI=1S/C13H15FO3/c1-3-16-8-13(2,15)11-7-9-5-4-6-10(14)12(9)17-11/h4-7,15H,3,8H2,1-2H3. The van der Waals surface area contributed by atoms with Gasteiger partial charge in [0.05, 0.1) is 6.61 Å². The second kappa shape index (κ2) is 4.47. The van der Waals surface area contributed by atoms with Crippen LogP contribution in [-0.2, 0) is 10.3 Å². The zero-order valence-electron chi connectivity index (χ0n) is 9.87. The second-order valence-corrected chi connectivity index (χ2v) is 4.18. The Hall–Kier alpha value is -1.39. The number of fused-ring (bicyclic) bond motifs is 1. The third kappa shape index (κ3) is 2.33. The highest BCUT2D eigenvalue weighted by Gasteiger charge is 2.28. The molecule has 92 valence electrons. The molecule has 0 aliphatic rings. The molecule has 3 nitrogen and oxygen atoms in total. The quantitative estimate of drug-likeness (QED) is 0.890. The Morgan fingerprint density at radius 2 is 2.24 bits per heavy atom. The first-order chi connectivity index (χ1) is 8.04. The highest BCUT2D eigenvalue weighted by molar-refractivity contribution is 5.78. The van der Waals surface area contributed by atoms with E-state index in [9.17, 15) is 9.50 Å². The molecular formula is C13H15FO3. The van der Waals surface area contributed by atoms with Crippen molar-refractivity contribution in [3.63, 3.8) is 0 Å². The first kappa shape index (κ1) is 12.1. The average Bonchev–Trinajstić information content (AvgIpc) is 2.72. The topological polar surface area (TPSA) is 42.6 Å². The average molecular weight is 238 g/mol. The van der Waals surface area contributed by atoms with E-state index in [0.29, 0.717) is 17.8 Å². The van der Waals surface area contributed by atoms with E-state index in [4.69, 9.17) is 9.15 Å². The maximum absolute atomic E-state index is 13.4. The smallest absolute Gasteiger partial charge is 0.170 e. The zero-order chi connectivity index (χ0) is 12.5. The summed E-state index contributed by atoms with van der Waals surface area (Å²) in [6.07, 6.45) is 0. The van der Waals surface area contributed by atoms with Crippen LogP contribution in [0.2, 0.25) is 0 Å². The molecular weight excluding hydrogens is 223 g/mol. The lowest BCUT2D eigenvalue weighted by Crippen LogP contribution is -2.27. The summed E-state index contributed by atoms with van der Waals surface area (Å²) >= 11 is 0. The predicted molar refractivity (Wildman–Crippen MR) is 62.2 cm³/mol. The molecule has 0 amide bonds. The lowest BCUT2D eigenvalue weighted by Gasteiger charge is -2.19. The van der Waals surface area contributed by atoms with Gasteiger partial charge < -0.3 is 14.3 Å². The van der Waals surface area contributed by atoms with Gasteiger partial charge in [-0.05, 0) is 26.0 Å². The number of rotatable bonds is 4. The third-order valence-corrected chi connectivity index (χ3v) is 2.61. The van der Waals surface area contributed by atoms with Crippen molar-refractivity contribution < 1.29 is 18.7 Å². The summed E-state index contributed by atoms with van der Waals surface area (Å²) in [5.41, 5.74) is -1.08. The monoisotopic (exact) mass is 238 g/mol. The number of hydrogen-bond donors (Lipinski definition) is 1. The molecule has 0 aliphatic carbocycles. The van der Waals surface area contributed by atoms with Crippen molar-refractivity contribution in [3.8, 4) is 0 Å². The Morgan fingerprint density at radius 1 is 1.47 bits per heavy atom. The lowest BCUT2D eigenvalue weighted by atomic mass is 10.0. The highest BCUT2D eigenvalue weighted by atomic mass is 19.1. The summed E-state index contributed by atoms with van der Waals surface area (Å²) in [7, 11) is 0. The van der Waals surface area contributed by atoms with E-state index in [1.165, 1.54) is 6.07 Å². The van der Waals surface area contributed by atoms with Gasteiger partial charge in [0, 0.05) is 12.0 Å². The Kier molecular flexibility index (Phi) is 3.17. The first-order valence-electron chi connectivity index (χ1n) is 5.53. The summed E-state index contributed by atoms with van der Waals surface area (Å²) in [4.78, 5) is 0. The van der Waals surface area contributed by atoms with Crippen LogP contribution in [0.4, 0.5) is 4.39 Å². The molecule has 2 rings (SSSR count). The fraction of sp³-hybridized carbons (Fsp3) is 0.385. The van der Waals surface area contributed by atoms with E-state index in [2.05, 4.69) is 0 Å². The fourth-order valence-electron chi connectivity index (χ4n) is 1.66. The van der Waals surface area contributed by atoms with Gasteiger partial charge in [0.1, 0.15) is 11.4 Å². The van der Waals surface area contributed by atoms with Crippen LogP contribution < -0.4 is 0 Å². The molecule has 1 atom stereocenters. The summed E-state index contributed by atoms with van der Waals surface area (Å²) in [5, 5.41) is 10.8. The zero-order valence-corrected chi connectivity index (χ0v) is 9.87. The molecule has 17 heavy (non-hydrogen) atoms. The van der Waals surface area contributed by atoms with E-state index in [0.717, 1.165) is 0 Å². The molecule has 4 heteroatoms.